The van der Waals surface area contributed by atoms with Gasteiger partial charge in [-0.25, -0.2) is 4.79 Å². The fourth-order valence-corrected chi connectivity index (χ4v) is 3.65. The van der Waals surface area contributed by atoms with E-state index in [1.807, 2.05) is 19.1 Å². The summed E-state index contributed by atoms with van der Waals surface area (Å²) >= 11 is 5.96. The second-order valence-corrected chi connectivity index (χ2v) is 7.07. The third kappa shape index (κ3) is 4.73. The number of hydrogen-bond donors (Lipinski definition) is 1. The van der Waals surface area contributed by atoms with Gasteiger partial charge in [0.25, 0.3) is 0 Å². The molecule has 1 aliphatic carbocycles. The maximum absolute atomic E-state index is 12.6. The largest absolute Gasteiger partial charge is 0.467 e. The van der Waals surface area contributed by atoms with Crippen molar-refractivity contribution in [3.8, 4) is 0 Å². The summed E-state index contributed by atoms with van der Waals surface area (Å²) in [6.45, 7) is 1.93. The molecule has 1 N–H and O–H groups in total. The number of hydrogen-bond acceptors (Lipinski definition) is 3. The molecule has 1 aromatic carbocycles. The number of aryl methyl sites for hydroxylation is 1. The van der Waals surface area contributed by atoms with Gasteiger partial charge in [0, 0.05) is 5.02 Å². The summed E-state index contributed by atoms with van der Waals surface area (Å²) in [7, 11) is 1.39. The van der Waals surface area contributed by atoms with Gasteiger partial charge in [-0.3, -0.25) is 4.79 Å². The Morgan fingerprint density at radius 2 is 1.79 bits per heavy atom. The summed E-state index contributed by atoms with van der Waals surface area (Å²) in [6.07, 6.45) is 6.74. The first-order valence-corrected chi connectivity index (χ1v) is 8.99. The Morgan fingerprint density at radius 3 is 2.38 bits per heavy atom. The molecule has 0 aliphatic heterocycles. The van der Waals surface area contributed by atoms with Gasteiger partial charge < -0.3 is 10.1 Å². The van der Waals surface area contributed by atoms with Gasteiger partial charge in [0.15, 0.2) is 0 Å². The van der Waals surface area contributed by atoms with Crippen LogP contribution >= 0.6 is 11.6 Å². The Kier molecular flexibility index (Phi) is 6.67. The van der Waals surface area contributed by atoms with E-state index in [4.69, 9.17) is 16.3 Å². The van der Waals surface area contributed by atoms with Crippen LogP contribution in [0.2, 0.25) is 5.02 Å². The maximum Gasteiger partial charge on any atom is 0.331 e. The first-order chi connectivity index (χ1) is 11.5. The molecule has 0 heterocycles. The molecule has 0 radical (unpaired) electrons. The van der Waals surface area contributed by atoms with E-state index in [1.165, 1.54) is 13.5 Å². The van der Waals surface area contributed by atoms with E-state index in [0.29, 0.717) is 17.9 Å². The molecule has 1 saturated carbocycles. The van der Waals surface area contributed by atoms with Crippen molar-refractivity contribution in [3.05, 3.63) is 34.3 Å². The van der Waals surface area contributed by atoms with Crippen molar-refractivity contribution in [3.63, 3.8) is 0 Å². The van der Waals surface area contributed by atoms with Gasteiger partial charge in [-0.2, -0.15) is 0 Å². The third-order valence-electron chi connectivity index (χ3n) is 4.82. The smallest absolute Gasteiger partial charge is 0.331 e. The van der Waals surface area contributed by atoms with Crippen molar-refractivity contribution in [2.75, 3.05) is 7.11 Å². The van der Waals surface area contributed by atoms with E-state index in [2.05, 4.69) is 5.32 Å². The van der Waals surface area contributed by atoms with Crippen LogP contribution in [0.3, 0.4) is 0 Å². The molecule has 1 aliphatic rings. The van der Waals surface area contributed by atoms with Crippen LogP contribution in [0.25, 0.3) is 0 Å². The second-order valence-electron chi connectivity index (χ2n) is 6.64. The predicted octanol–water partition coefficient (Wildman–Crippen LogP) is 3.96. The lowest BCUT2D eigenvalue weighted by Crippen LogP contribution is -2.55. The molecule has 0 atom stereocenters. The molecule has 4 nitrogen and oxygen atoms in total. The third-order valence-corrected chi connectivity index (χ3v) is 5.05. The molecule has 0 saturated heterocycles. The first-order valence-electron chi connectivity index (χ1n) is 8.61. The zero-order valence-electron chi connectivity index (χ0n) is 14.5. The van der Waals surface area contributed by atoms with Crippen LogP contribution in [0.5, 0.6) is 0 Å². The zero-order valence-corrected chi connectivity index (χ0v) is 15.2. The quantitative estimate of drug-likeness (QED) is 0.835. The second kappa shape index (κ2) is 8.52. The van der Waals surface area contributed by atoms with E-state index in [9.17, 15) is 9.59 Å². The molecule has 0 bridgehead atoms. The SMILES string of the molecule is COC(=O)C1(NC(=O)Cc2ccc(Cl)cc2C)CCCCCCC1. The van der Waals surface area contributed by atoms with Crippen LogP contribution < -0.4 is 5.32 Å². The van der Waals surface area contributed by atoms with Gasteiger partial charge >= 0.3 is 5.97 Å². The molecular weight excluding hydrogens is 326 g/mol. The molecule has 24 heavy (non-hydrogen) atoms. The standard InChI is InChI=1S/C19H26ClNO3/c1-14-12-16(20)9-8-15(14)13-17(22)21-19(18(23)24-2)10-6-4-3-5-7-11-19/h8-9,12H,3-7,10-11,13H2,1-2H3,(H,21,22). The minimum Gasteiger partial charge on any atom is -0.467 e. The van der Waals surface area contributed by atoms with Crippen molar-refractivity contribution < 1.29 is 14.3 Å². The molecule has 132 valence electrons. The highest BCUT2D eigenvalue weighted by atomic mass is 35.5. The van der Waals surface area contributed by atoms with E-state index in [-0.39, 0.29) is 18.3 Å². The van der Waals surface area contributed by atoms with Gasteiger partial charge in [0.1, 0.15) is 5.54 Å². The topological polar surface area (TPSA) is 55.4 Å². The van der Waals surface area contributed by atoms with E-state index in [0.717, 1.165) is 36.8 Å². The summed E-state index contributed by atoms with van der Waals surface area (Å²) in [4.78, 5) is 25.0. The Morgan fingerprint density at radius 1 is 1.17 bits per heavy atom. The number of esters is 1. The lowest BCUT2D eigenvalue weighted by atomic mass is 9.83. The minimum atomic E-state index is -0.882. The van der Waals surface area contributed by atoms with Crippen LogP contribution in [0.15, 0.2) is 18.2 Å². The first kappa shape index (κ1) is 18.8. The van der Waals surface area contributed by atoms with Crippen molar-refractivity contribution >= 4 is 23.5 Å². The minimum absolute atomic E-state index is 0.147. The monoisotopic (exact) mass is 351 g/mol. The number of halogens is 1. The maximum atomic E-state index is 12.6. The number of ether oxygens (including phenoxy) is 1. The normalized spacial score (nSPS) is 17.5. The number of carbonyl (C=O) groups is 2. The Balaban J connectivity index is 2.12. The average molecular weight is 352 g/mol. The van der Waals surface area contributed by atoms with Gasteiger partial charge in [-0.05, 0) is 43.0 Å². The molecule has 1 aromatic rings. The van der Waals surface area contributed by atoms with Gasteiger partial charge in [0.2, 0.25) is 5.91 Å². The Hall–Kier alpha value is -1.55. The highest BCUT2D eigenvalue weighted by molar-refractivity contribution is 6.30. The van der Waals surface area contributed by atoms with Crippen molar-refractivity contribution in [2.45, 2.75) is 63.8 Å². The molecular formula is C19H26ClNO3. The van der Waals surface area contributed by atoms with Crippen molar-refractivity contribution in [1.29, 1.82) is 0 Å². The fourth-order valence-electron chi connectivity index (χ4n) is 3.43. The lowest BCUT2D eigenvalue weighted by molar-refractivity contribution is -0.152. The lowest BCUT2D eigenvalue weighted by Gasteiger charge is -2.33. The average Bonchev–Trinajstić information content (AvgIpc) is 2.52. The summed E-state index contributed by atoms with van der Waals surface area (Å²) in [5.41, 5.74) is 1.01. The van der Waals surface area contributed by atoms with Gasteiger partial charge in [0.05, 0.1) is 13.5 Å². The number of rotatable bonds is 4. The molecule has 0 unspecified atom stereocenters. The number of carbonyl (C=O) groups excluding carboxylic acids is 2. The summed E-state index contributed by atoms with van der Waals surface area (Å²) in [5.74, 6) is -0.475. The summed E-state index contributed by atoms with van der Waals surface area (Å²) < 4.78 is 5.01. The molecule has 5 heteroatoms. The summed E-state index contributed by atoms with van der Waals surface area (Å²) in [5, 5.41) is 3.65. The Labute approximate surface area is 148 Å². The van der Waals surface area contributed by atoms with Crippen LogP contribution in [0, 0.1) is 6.92 Å². The number of amides is 1. The van der Waals surface area contributed by atoms with Gasteiger partial charge in [-0.15, -0.1) is 0 Å². The highest BCUT2D eigenvalue weighted by Gasteiger charge is 2.40. The number of nitrogens with one attached hydrogen (secondary N) is 1. The number of benzene rings is 1. The van der Waals surface area contributed by atoms with Gasteiger partial charge in [-0.1, -0.05) is 49.8 Å². The van der Waals surface area contributed by atoms with Crippen LogP contribution in [0.4, 0.5) is 0 Å². The van der Waals surface area contributed by atoms with Crippen LogP contribution in [0.1, 0.15) is 56.1 Å². The zero-order chi connectivity index (χ0) is 17.6. The Bertz CT molecular complexity index is 592. The van der Waals surface area contributed by atoms with E-state index >= 15 is 0 Å². The molecule has 0 spiro atoms. The number of methoxy groups -OCH3 is 1. The molecule has 0 aromatic heterocycles. The van der Waals surface area contributed by atoms with Crippen LogP contribution in [-0.4, -0.2) is 24.5 Å². The highest BCUT2D eigenvalue weighted by Crippen LogP contribution is 2.28. The molecule has 1 amide bonds. The van der Waals surface area contributed by atoms with E-state index in [1.54, 1.807) is 6.07 Å². The fraction of sp³-hybridized carbons (Fsp3) is 0.579. The summed E-state index contributed by atoms with van der Waals surface area (Å²) in [6, 6.07) is 5.49. The molecule has 2 rings (SSSR count). The van der Waals surface area contributed by atoms with E-state index < -0.39 is 5.54 Å². The predicted molar refractivity (Wildman–Crippen MR) is 95.1 cm³/mol. The van der Waals surface area contributed by atoms with Crippen LogP contribution in [-0.2, 0) is 20.7 Å². The van der Waals surface area contributed by atoms with Crippen molar-refractivity contribution in [1.82, 2.24) is 5.32 Å². The van der Waals surface area contributed by atoms with Crippen molar-refractivity contribution in [2.24, 2.45) is 0 Å². The molecule has 1 fully saturated rings.